The third kappa shape index (κ3) is 7.80. The first kappa shape index (κ1) is 29.8. The van der Waals surface area contributed by atoms with E-state index in [0.29, 0.717) is 10.6 Å². The van der Waals surface area contributed by atoms with Gasteiger partial charge < -0.3 is 15.0 Å². The molecule has 1 atom stereocenters. The largest absolute Gasteiger partial charge is 0.495 e. The molecule has 11 nitrogen and oxygen atoms in total. The fourth-order valence-electron chi connectivity index (χ4n) is 3.69. The smallest absolute Gasteiger partial charge is 0.271 e. The average Bonchev–Trinajstić information content (AvgIpc) is 2.81. The molecule has 0 heterocycles. The van der Waals surface area contributed by atoms with E-state index in [-0.39, 0.29) is 36.1 Å². The maximum absolute atomic E-state index is 13.7. The van der Waals surface area contributed by atoms with Crippen LogP contribution in [0.4, 0.5) is 11.4 Å². The van der Waals surface area contributed by atoms with Crippen LogP contribution in [0.1, 0.15) is 32.8 Å². The highest BCUT2D eigenvalue weighted by atomic mass is 35.5. The molecule has 0 fully saturated rings. The number of benzene rings is 2. The lowest BCUT2D eigenvalue weighted by Gasteiger charge is -2.33. The average molecular weight is 555 g/mol. The number of nitrogens with one attached hydrogen (secondary N) is 1. The van der Waals surface area contributed by atoms with Crippen LogP contribution >= 0.6 is 11.6 Å². The number of ether oxygens (including phenoxy) is 1. The minimum Gasteiger partial charge on any atom is -0.495 e. The number of nitro groups is 1. The van der Waals surface area contributed by atoms with Crippen LogP contribution in [-0.4, -0.2) is 62.0 Å². The van der Waals surface area contributed by atoms with Crippen molar-refractivity contribution in [1.29, 1.82) is 0 Å². The number of nitrogens with zero attached hydrogens (tertiary/aromatic N) is 3. The lowest BCUT2D eigenvalue weighted by atomic mass is 10.1. The molecule has 0 radical (unpaired) electrons. The number of carbonyl (C=O) groups excluding carboxylic acids is 2. The number of hydrogen-bond donors (Lipinski definition) is 1. The molecule has 37 heavy (non-hydrogen) atoms. The standard InChI is InChI=1S/C24H31ClN4O7S/c1-6-20(24(31)26-16(2)3)27(14-17-9-7-8-10-19(17)25)23(30)15-28(37(5,34)35)21-13-18(29(32)33)11-12-22(21)36-4/h7-13,16,20H,6,14-15H2,1-5H3,(H,26,31). The summed E-state index contributed by atoms with van der Waals surface area (Å²) in [5.41, 5.74) is 0.00430. The first-order valence-corrected chi connectivity index (χ1v) is 13.7. The second kappa shape index (κ2) is 12.7. The number of anilines is 1. The summed E-state index contributed by atoms with van der Waals surface area (Å²) < 4.78 is 31.6. The Morgan fingerprint density at radius 2 is 1.84 bits per heavy atom. The van der Waals surface area contributed by atoms with Crippen molar-refractivity contribution in [2.75, 3.05) is 24.2 Å². The summed E-state index contributed by atoms with van der Waals surface area (Å²) in [7, 11) is -2.84. The first-order valence-electron chi connectivity index (χ1n) is 11.4. The lowest BCUT2D eigenvalue weighted by molar-refractivity contribution is -0.384. The molecule has 0 saturated carbocycles. The fourth-order valence-corrected chi connectivity index (χ4v) is 4.73. The topological polar surface area (TPSA) is 139 Å². The second-order valence-corrected chi connectivity index (χ2v) is 10.9. The van der Waals surface area contributed by atoms with Gasteiger partial charge in [-0.05, 0) is 38.0 Å². The Labute approximate surface area is 221 Å². The van der Waals surface area contributed by atoms with Gasteiger partial charge in [0.05, 0.1) is 18.3 Å². The maximum Gasteiger partial charge on any atom is 0.271 e. The van der Waals surface area contributed by atoms with E-state index in [1.165, 1.54) is 18.1 Å². The SMILES string of the molecule is CCC(C(=O)NC(C)C)N(Cc1ccccc1Cl)C(=O)CN(c1cc([N+](=O)[O-])ccc1OC)S(C)(=O)=O. The fraction of sp³-hybridized carbons (Fsp3) is 0.417. The first-order chi connectivity index (χ1) is 17.3. The summed E-state index contributed by atoms with van der Waals surface area (Å²) in [4.78, 5) is 38.7. The Kier molecular flexibility index (Phi) is 10.3. The molecule has 2 amide bonds. The van der Waals surface area contributed by atoms with Crippen molar-refractivity contribution in [3.05, 3.63) is 63.2 Å². The lowest BCUT2D eigenvalue weighted by Crippen LogP contribution is -2.53. The summed E-state index contributed by atoms with van der Waals surface area (Å²) in [5, 5.41) is 14.5. The molecule has 2 aromatic carbocycles. The van der Waals surface area contributed by atoms with Crippen molar-refractivity contribution < 1.29 is 27.7 Å². The highest BCUT2D eigenvalue weighted by Crippen LogP contribution is 2.34. The van der Waals surface area contributed by atoms with Crippen LogP contribution in [0.5, 0.6) is 5.75 Å². The van der Waals surface area contributed by atoms with Crippen molar-refractivity contribution in [2.24, 2.45) is 0 Å². The number of methoxy groups -OCH3 is 1. The summed E-state index contributed by atoms with van der Waals surface area (Å²) in [6, 6.07) is 9.12. The van der Waals surface area contributed by atoms with Crippen molar-refractivity contribution >= 4 is 44.8 Å². The molecule has 0 aliphatic heterocycles. The number of amides is 2. The highest BCUT2D eigenvalue weighted by molar-refractivity contribution is 7.92. The van der Waals surface area contributed by atoms with Crippen molar-refractivity contribution in [3.8, 4) is 5.75 Å². The quantitative estimate of drug-likeness (QED) is 0.313. The Morgan fingerprint density at radius 1 is 1.19 bits per heavy atom. The van der Waals surface area contributed by atoms with Gasteiger partial charge in [0.1, 0.15) is 24.0 Å². The van der Waals surface area contributed by atoms with E-state index in [0.717, 1.165) is 22.7 Å². The molecule has 13 heteroatoms. The van der Waals surface area contributed by atoms with Gasteiger partial charge in [-0.1, -0.05) is 36.7 Å². The van der Waals surface area contributed by atoms with Crippen molar-refractivity contribution in [1.82, 2.24) is 10.2 Å². The number of rotatable bonds is 12. The van der Waals surface area contributed by atoms with Crippen LogP contribution < -0.4 is 14.4 Å². The van der Waals surface area contributed by atoms with E-state index in [9.17, 15) is 28.1 Å². The maximum atomic E-state index is 13.7. The molecular weight excluding hydrogens is 524 g/mol. The van der Waals surface area contributed by atoms with Gasteiger partial charge >= 0.3 is 0 Å². The molecule has 202 valence electrons. The van der Waals surface area contributed by atoms with Crippen LogP contribution in [0.3, 0.4) is 0 Å². The molecule has 2 rings (SSSR count). The predicted molar refractivity (Wildman–Crippen MR) is 141 cm³/mol. The van der Waals surface area contributed by atoms with Gasteiger partial charge in [0, 0.05) is 29.7 Å². The predicted octanol–water partition coefficient (Wildman–Crippen LogP) is 3.35. The molecule has 1 N–H and O–H groups in total. The summed E-state index contributed by atoms with van der Waals surface area (Å²) in [5.74, 6) is -1.09. The number of sulfonamides is 1. The molecule has 0 bridgehead atoms. The number of carbonyl (C=O) groups is 2. The van der Waals surface area contributed by atoms with E-state index in [2.05, 4.69) is 5.32 Å². The van der Waals surface area contributed by atoms with Crippen LogP contribution in [0.2, 0.25) is 5.02 Å². The molecule has 0 aromatic heterocycles. The number of hydrogen-bond acceptors (Lipinski definition) is 7. The number of nitro benzene ring substituents is 1. The van der Waals surface area contributed by atoms with Gasteiger partial charge in [-0.2, -0.15) is 0 Å². The molecular formula is C24H31ClN4O7S. The third-order valence-electron chi connectivity index (χ3n) is 5.44. The molecule has 0 saturated heterocycles. The van der Waals surface area contributed by atoms with E-state index in [4.69, 9.17) is 16.3 Å². The van der Waals surface area contributed by atoms with E-state index >= 15 is 0 Å². The van der Waals surface area contributed by atoms with Gasteiger partial charge in [-0.3, -0.25) is 24.0 Å². The Morgan fingerprint density at radius 3 is 2.35 bits per heavy atom. The van der Waals surface area contributed by atoms with Gasteiger partial charge in [0.15, 0.2) is 0 Å². The van der Waals surface area contributed by atoms with E-state index in [1.54, 1.807) is 45.0 Å². The Bertz CT molecular complexity index is 1250. The molecule has 2 aromatic rings. The minimum absolute atomic E-state index is 0.0195. The van der Waals surface area contributed by atoms with E-state index < -0.39 is 39.3 Å². The normalized spacial score (nSPS) is 12.1. The van der Waals surface area contributed by atoms with Crippen LogP contribution in [0.15, 0.2) is 42.5 Å². The third-order valence-corrected chi connectivity index (χ3v) is 6.93. The second-order valence-electron chi connectivity index (χ2n) is 8.58. The van der Waals surface area contributed by atoms with E-state index in [1.807, 2.05) is 0 Å². The van der Waals surface area contributed by atoms with Crippen LogP contribution in [0.25, 0.3) is 0 Å². The summed E-state index contributed by atoms with van der Waals surface area (Å²) in [6.07, 6.45) is 1.12. The monoisotopic (exact) mass is 554 g/mol. The van der Waals surface area contributed by atoms with Crippen molar-refractivity contribution in [3.63, 3.8) is 0 Å². The van der Waals surface area contributed by atoms with Crippen LogP contribution in [-0.2, 0) is 26.2 Å². The summed E-state index contributed by atoms with van der Waals surface area (Å²) >= 11 is 6.32. The molecule has 0 spiro atoms. The summed E-state index contributed by atoms with van der Waals surface area (Å²) in [6.45, 7) is 4.50. The zero-order valence-corrected chi connectivity index (χ0v) is 22.9. The zero-order chi connectivity index (χ0) is 27.9. The molecule has 0 aliphatic rings. The van der Waals surface area contributed by atoms with Crippen molar-refractivity contribution in [2.45, 2.75) is 45.8 Å². The van der Waals surface area contributed by atoms with Gasteiger partial charge in [-0.25, -0.2) is 8.42 Å². The molecule has 0 aliphatic carbocycles. The molecule has 1 unspecified atom stereocenters. The van der Waals surface area contributed by atoms with Gasteiger partial charge in [-0.15, -0.1) is 0 Å². The highest BCUT2D eigenvalue weighted by Gasteiger charge is 2.33. The van der Waals surface area contributed by atoms with Crippen LogP contribution in [0, 0.1) is 10.1 Å². The van der Waals surface area contributed by atoms with Gasteiger partial charge in [0.25, 0.3) is 5.69 Å². The number of non-ortho nitro benzene ring substituents is 1. The Hall–Kier alpha value is -3.38. The Balaban J connectivity index is 2.58. The number of halogens is 1. The zero-order valence-electron chi connectivity index (χ0n) is 21.3. The van der Waals surface area contributed by atoms with Gasteiger partial charge in [0.2, 0.25) is 21.8 Å². The minimum atomic E-state index is -4.12.